The zero-order valence-corrected chi connectivity index (χ0v) is 13.7. The van der Waals surface area contributed by atoms with Crippen LogP contribution in [0.1, 0.15) is 12.0 Å². The molecule has 0 aliphatic carbocycles. The Morgan fingerprint density at radius 3 is 2.50 bits per heavy atom. The molecule has 1 fully saturated rings. The molecule has 22 heavy (non-hydrogen) atoms. The van der Waals surface area contributed by atoms with E-state index in [1.165, 1.54) is 0 Å². The van der Waals surface area contributed by atoms with Gasteiger partial charge in [0.1, 0.15) is 6.04 Å². The largest absolute Gasteiger partial charge is 0.335 e. The smallest absolute Gasteiger partial charge is 0.245 e. The molecule has 1 aliphatic heterocycles. The van der Waals surface area contributed by atoms with Gasteiger partial charge in [-0.2, -0.15) is 0 Å². The van der Waals surface area contributed by atoms with E-state index in [-0.39, 0.29) is 24.4 Å². The van der Waals surface area contributed by atoms with E-state index in [4.69, 9.17) is 0 Å². The van der Waals surface area contributed by atoms with Crippen LogP contribution in [0.15, 0.2) is 30.3 Å². The maximum atomic E-state index is 12.5. The maximum Gasteiger partial charge on any atom is 0.245 e. The summed E-state index contributed by atoms with van der Waals surface area (Å²) in [7, 11) is 5.73. The van der Waals surface area contributed by atoms with Crippen LogP contribution in [0, 0.1) is 0 Å². The third-order valence-corrected chi connectivity index (χ3v) is 4.01. The second kappa shape index (κ2) is 7.40. The maximum absolute atomic E-state index is 12.5. The summed E-state index contributed by atoms with van der Waals surface area (Å²) in [4.78, 5) is 30.2. The summed E-state index contributed by atoms with van der Waals surface area (Å²) < 4.78 is 0. The highest BCUT2D eigenvalue weighted by Crippen LogP contribution is 2.17. The highest BCUT2D eigenvalue weighted by molar-refractivity contribution is 5.94. The Hall–Kier alpha value is -1.88. The van der Waals surface area contributed by atoms with Gasteiger partial charge in [0.2, 0.25) is 11.8 Å². The van der Waals surface area contributed by atoms with E-state index in [1.54, 1.807) is 16.8 Å². The molecule has 1 atom stereocenters. The standard InChI is InChI=1S/C17H25N3O2/c1-18(2)10-7-11-20-15(12-14-8-5-4-6-9-14)17(22)19(3)13-16(20)21/h4-6,8-9,15H,7,10-13H2,1-3H3/t15-/m0/s1. The van der Waals surface area contributed by atoms with E-state index < -0.39 is 0 Å². The number of carbonyl (C=O) groups is 2. The molecule has 0 aromatic heterocycles. The second-order valence-electron chi connectivity index (χ2n) is 6.14. The minimum absolute atomic E-state index is 0.0355. The number of likely N-dealkylation sites (N-methyl/N-ethyl adjacent to an activating group) is 1. The van der Waals surface area contributed by atoms with Crippen LogP contribution in [0.5, 0.6) is 0 Å². The van der Waals surface area contributed by atoms with Crippen LogP contribution in [0.25, 0.3) is 0 Å². The van der Waals surface area contributed by atoms with Gasteiger partial charge in [-0.3, -0.25) is 9.59 Å². The lowest BCUT2D eigenvalue weighted by Crippen LogP contribution is -2.59. The van der Waals surface area contributed by atoms with E-state index in [0.717, 1.165) is 18.5 Å². The number of hydrogen-bond acceptors (Lipinski definition) is 3. The SMILES string of the molecule is CN(C)CCCN1C(=O)CN(C)C(=O)[C@@H]1Cc1ccccc1. The van der Waals surface area contributed by atoms with Gasteiger partial charge in [0.25, 0.3) is 0 Å². The first kappa shape index (κ1) is 16.5. The third kappa shape index (κ3) is 4.07. The van der Waals surface area contributed by atoms with E-state index in [2.05, 4.69) is 4.90 Å². The van der Waals surface area contributed by atoms with Crippen LogP contribution in [0.4, 0.5) is 0 Å². The monoisotopic (exact) mass is 303 g/mol. The van der Waals surface area contributed by atoms with E-state index >= 15 is 0 Å². The zero-order valence-electron chi connectivity index (χ0n) is 13.7. The van der Waals surface area contributed by atoms with E-state index in [9.17, 15) is 9.59 Å². The molecule has 120 valence electrons. The molecule has 2 rings (SSSR count). The van der Waals surface area contributed by atoms with Crippen molar-refractivity contribution < 1.29 is 9.59 Å². The molecule has 5 nitrogen and oxygen atoms in total. The van der Waals surface area contributed by atoms with Gasteiger partial charge in [-0.25, -0.2) is 0 Å². The van der Waals surface area contributed by atoms with Crippen molar-refractivity contribution in [1.82, 2.24) is 14.7 Å². The fourth-order valence-electron chi connectivity index (χ4n) is 2.81. The lowest BCUT2D eigenvalue weighted by molar-refractivity contribution is -0.154. The predicted octanol–water partition coefficient (Wildman–Crippen LogP) is 0.850. The minimum Gasteiger partial charge on any atom is -0.335 e. The molecule has 0 radical (unpaired) electrons. The van der Waals surface area contributed by atoms with Gasteiger partial charge in [-0.05, 0) is 32.6 Å². The van der Waals surface area contributed by atoms with Crippen molar-refractivity contribution in [3.05, 3.63) is 35.9 Å². The molecular weight excluding hydrogens is 278 g/mol. The summed E-state index contributed by atoms with van der Waals surface area (Å²) in [5.74, 6) is 0.0788. The molecule has 1 aromatic rings. The van der Waals surface area contributed by atoms with E-state index in [1.807, 2.05) is 44.4 Å². The van der Waals surface area contributed by atoms with Crippen LogP contribution in [0.2, 0.25) is 0 Å². The van der Waals surface area contributed by atoms with Crippen LogP contribution < -0.4 is 0 Å². The van der Waals surface area contributed by atoms with Gasteiger partial charge in [-0.1, -0.05) is 30.3 Å². The summed E-state index contributed by atoms with van der Waals surface area (Å²) >= 11 is 0. The molecule has 1 aromatic carbocycles. The topological polar surface area (TPSA) is 43.9 Å². The molecular formula is C17H25N3O2. The highest BCUT2D eigenvalue weighted by atomic mass is 16.2. The van der Waals surface area contributed by atoms with Crippen molar-refractivity contribution in [2.24, 2.45) is 0 Å². The number of carbonyl (C=O) groups excluding carboxylic acids is 2. The summed E-state index contributed by atoms with van der Waals surface area (Å²) in [6.07, 6.45) is 1.46. The van der Waals surface area contributed by atoms with Gasteiger partial charge in [0.05, 0.1) is 6.54 Å². The van der Waals surface area contributed by atoms with Gasteiger partial charge in [-0.15, -0.1) is 0 Å². The van der Waals surface area contributed by atoms with Gasteiger partial charge < -0.3 is 14.7 Å². The number of piperazine rings is 1. The molecule has 5 heteroatoms. The van der Waals surface area contributed by atoms with Crippen LogP contribution in [0.3, 0.4) is 0 Å². The fourth-order valence-corrected chi connectivity index (χ4v) is 2.81. The summed E-state index contributed by atoms with van der Waals surface area (Å²) in [5, 5.41) is 0. The Morgan fingerprint density at radius 1 is 1.18 bits per heavy atom. The van der Waals surface area contributed by atoms with Crippen LogP contribution >= 0.6 is 0 Å². The number of hydrogen-bond donors (Lipinski definition) is 0. The Labute approximate surface area is 132 Å². The van der Waals surface area contributed by atoms with Crippen molar-refractivity contribution in [3.8, 4) is 0 Å². The average molecular weight is 303 g/mol. The predicted molar refractivity (Wildman–Crippen MR) is 86.5 cm³/mol. The first-order valence-electron chi connectivity index (χ1n) is 7.72. The van der Waals surface area contributed by atoms with Gasteiger partial charge in [0.15, 0.2) is 0 Å². The Kier molecular flexibility index (Phi) is 5.55. The first-order valence-corrected chi connectivity index (χ1v) is 7.72. The molecule has 1 saturated heterocycles. The highest BCUT2D eigenvalue weighted by Gasteiger charge is 2.37. The Morgan fingerprint density at radius 2 is 1.86 bits per heavy atom. The van der Waals surface area contributed by atoms with E-state index in [0.29, 0.717) is 13.0 Å². The lowest BCUT2D eigenvalue weighted by Gasteiger charge is -2.39. The molecule has 0 spiro atoms. The van der Waals surface area contributed by atoms with Gasteiger partial charge in [0, 0.05) is 20.0 Å². The summed E-state index contributed by atoms with van der Waals surface area (Å²) in [6.45, 7) is 1.73. The molecule has 2 amide bonds. The lowest BCUT2D eigenvalue weighted by atomic mass is 10.0. The van der Waals surface area contributed by atoms with Crippen LogP contribution in [-0.2, 0) is 16.0 Å². The Bertz CT molecular complexity index is 516. The number of rotatable bonds is 6. The summed E-state index contributed by atoms with van der Waals surface area (Å²) in [5.41, 5.74) is 1.08. The Balaban J connectivity index is 2.11. The summed E-state index contributed by atoms with van der Waals surface area (Å²) in [6, 6.07) is 9.51. The van der Waals surface area contributed by atoms with Crippen molar-refractivity contribution in [1.29, 1.82) is 0 Å². The quantitative estimate of drug-likeness (QED) is 0.782. The number of amides is 2. The molecule has 1 aliphatic rings. The second-order valence-corrected chi connectivity index (χ2v) is 6.14. The average Bonchev–Trinajstić information content (AvgIpc) is 2.48. The van der Waals surface area contributed by atoms with Gasteiger partial charge >= 0.3 is 0 Å². The fraction of sp³-hybridized carbons (Fsp3) is 0.529. The normalized spacial score (nSPS) is 19.2. The van der Waals surface area contributed by atoms with Crippen LogP contribution in [-0.4, -0.2) is 73.3 Å². The first-order chi connectivity index (χ1) is 10.5. The van der Waals surface area contributed by atoms with Crippen molar-refractivity contribution >= 4 is 11.8 Å². The zero-order chi connectivity index (χ0) is 16.1. The molecule has 1 heterocycles. The molecule has 0 unspecified atom stereocenters. The van der Waals surface area contributed by atoms with Crippen molar-refractivity contribution in [2.45, 2.75) is 18.9 Å². The minimum atomic E-state index is -0.379. The van der Waals surface area contributed by atoms with Crippen molar-refractivity contribution in [3.63, 3.8) is 0 Å². The number of nitrogens with zero attached hydrogens (tertiary/aromatic N) is 3. The molecule has 0 saturated carbocycles. The molecule has 0 bridgehead atoms. The third-order valence-electron chi connectivity index (χ3n) is 4.01. The molecule has 0 N–H and O–H groups in total. The number of benzene rings is 1. The van der Waals surface area contributed by atoms with Crippen molar-refractivity contribution in [2.75, 3.05) is 40.8 Å².